The summed E-state index contributed by atoms with van der Waals surface area (Å²) in [7, 11) is 0. The number of aryl methyl sites for hydroxylation is 2. The predicted molar refractivity (Wildman–Crippen MR) is 163 cm³/mol. The summed E-state index contributed by atoms with van der Waals surface area (Å²) in [5.74, 6) is 1.40. The fourth-order valence-electron chi connectivity index (χ4n) is 8.66. The lowest BCUT2D eigenvalue weighted by atomic mass is 9.48. The Morgan fingerprint density at radius 3 is 2.12 bits per heavy atom. The van der Waals surface area contributed by atoms with Gasteiger partial charge in [0, 0.05) is 21.5 Å². The second-order valence-electron chi connectivity index (χ2n) is 12.8. The van der Waals surface area contributed by atoms with E-state index >= 15 is 0 Å². The lowest BCUT2D eigenvalue weighted by Gasteiger charge is -2.57. The molecule has 41 heavy (non-hydrogen) atoms. The molecule has 0 atom stereocenters. The van der Waals surface area contributed by atoms with Crippen molar-refractivity contribution in [2.75, 3.05) is 4.90 Å². The fourth-order valence-corrected chi connectivity index (χ4v) is 9.14. The number of carbonyl (C=O) groups excluding carboxylic acids is 3. The molecule has 2 heterocycles. The first kappa shape index (κ1) is 26.4. The van der Waals surface area contributed by atoms with Gasteiger partial charge in [-0.05, 0) is 142 Å². The number of hydrogen-bond acceptors (Lipinski definition) is 3. The molecule has 6 nitrogen and oxygen atoms in total. The SMILES string of the molecule is Cc1cc(Br)ccc1N1C(=O)NC(=O)/C(=C\c2cc(C)n(-c3ccc(C45CC6CC(CC(C6)C4)C5)cc3)c2C)C1=O. The molecule has 0 spiro atoms. The molecule has 4 aliphatic carbocycles. The van der Waals surface area contributed by atoms with Crippen molar-refractivity contribution in [3.63, 3.8) is 0 Å². The van der Waals surface area contributed by atoms with Crippen LogP contribution >= 0.6 is 15.9 Å². The third-order valence-corrected chi connectivity index (χ3v) is 10.5. The molecule has 1 aliphatic heterocycles. The molecule has 5 fully saturated rings. The number of benzene rings is 2. The van der Waals surface area contributed by atoms with Crippen molar-refractivity contribution in [3.05, 3.63) is 86.7 Å². The van der Waals surface area contributed by atoms with Crippen LogP contribution in [0.5, 0.6) is 0 Å². The van der Waals surface area contributed by atoms with Gasteiger partial charge in [-0.25, -0.2) is 9.69 Å². The van der Waals surface area contributed by atoms with Crippen LogP contribution in [0.3, 0.4) is 0 Å². The molecule has 1 aromatic heterocycles. The van der Waals surface area contributed by atoms with Crippen LogP contribution in [0.1, 0.15) is 66.6 Å². The molecule has 5 aliphatic rings. The van der Waals surface area contributed by atoms with Gasteiger partial charge in [0.2, 0.25) is 0 Å². The van der Waals surface area contributed by atoms with Gasteiger partial charge in [-0.2, -0.15) is 0 Å². The van der Waals surface area contributed by atoms with Crippen molar-refractivity contribution in [3.8, 4) is 5.69 Å². The van der Waals surface area contributed by atoms with Gasteiger partial charge >= 0.3 is 6.03 Å². The summed E-state index contributed by atoms with van der Waals surface area (Å²) in [6.45, 7) is 5.85. The first-order valence-corrected chi connectivity index (χ1v) is 15.4. The largest absolute Gasteiger partial charge is 0.335 e. The number of imide groups is 2. The van der Waals surface area contributed by atoms with Crippen LogP contribution in [0.4, 0.5) is 10.5 Å². The van der Waals surface area contributed by atoms with Gasteiger partial charge in [-0.1, -0.05) is 28.1 Å². The monoisotopic (exact) mass is 611 g/mol. The molecule has 210 valence electrons. The number of aromatic nitrogens is 1. The summed E-state index contributed by atoms with van der Waals surface area (Å²) in [5, 5.41) is 2.34. The number of anilines is 1. The Hall–Kier alpha value is -3.45. The molecule has 1 N–H and O–H groups in total. The molecule has 7 heteroatoms. The molecular weight excluding hydrogens is 578 g/mol. The number of halogens is 1. The molecule has 4 bridgehead atoms. The number of urea groups is 1. The molecule has 0 radical (unpaired) electrons. The zero-order chi connectivity index (χ0) is 28.6. The van der Waals surface area contributed by atoms with Crippen molar-refractivity contribution in [2.24, 2.45) is 17.8 Å². The van der Waals surface area contributed by atoms with Gasteiger partial charge in [0.05, 0.1) is 5.69 Å². The van der Waals surface area contributed by atoms with Crippen molar-refractivity contribution in [2.45, 2.75) is 64.7 Å². The number of hydrogen-bond donors (Lipinski definition) is 1. The number of nitrogens with one attached hydrogen (secondary N) is 1. The highest BCUT2D eigenvalue weighted by Gasteiger charge is 2.51. The first-order valence-electron chi connectivity index (χ1n) is 14.6. The van der Waals surface area contributed by atoms with E-state index in [4.69, 9.17) is 0 Å². The normalized spacial score (nSPS) is 28.1. The summed E-state index contributed by atoms with van der Waals surface area (Å²) in [4.78, 5) is 40.1. The highest BCUT2D eigenvalue weighted by atomic mass is 79.9. The average Bonchev–Trinajstić information content (AvgIpc) is 3.19. The predicted octanol–water partition coefficient (Wildman–Crippen LogP) is 7.30. The third kappa shape index (κ3) is 4.32. The van der Waals surface area contributed by atoms with Gasteiger partial charge in [0.1, 0.15) is 5.57 Å². The van der Waals surface area contributed by atoms with Crippen molar-refractivity contribution < 1.29 is 14.4 Å². The summed E-state index contributed by atoms with van der Waals surface area (Å²) < 4.78 is 3.01. The maximum Gasteiger partial charge on any atom is 0.335 e. The van der Waals surface area contributed by atoms with E-state index in [0.717, 1.165) is 55.3 Å². The number of rotatable bonds is 4. The number of nitrogens with zero attached hydrogens (tertiary/aromatic N) is 2. The maximum atomic E-state index is 13.5. The molecule has 4 saturated carbocycles. The minimum absolute atomic E-state index is 0.0654. The zero-order valence-electron chi connectivity index (χ0n) is 23.7. The Morgan fingerprint density at radius 2 is 1.51 bits per heavy atom. The smallest absolute Gasteiger partial charge is 0.318 e. The molecule has 0 unspecified atom stereocenters. The van der Waals surface area contributed by atoms with Crippen LogP contribution in [0, 0.1) is 38.5 Å². The Bertz CT molecular complexity index is 1610. The summed E-state index contributed by atoms with van der Waals surface area (Å²) >= 11 is 3.42. The molecule has 2 aromatic carbocycles. The minimum Gasteiger partial charge on any atom is -0.318 e. The van der Waals surface area contributed by atoms with E-state index in [0.29, 0.717) is 11.1 Å². The van der Waals surface area contributed by atoms with Gasteiger partial charge in [0.25, 0.3) is 11.8 Å². The van der Waals surface area contributed by atoms with E-state index in [-0.39, 0.29) is 5.57 Å². The van der Waals surface area contributed by atoms with E-state index in [1.54, 1.807) is 18.2 Å². The van der Waals surface area contributed by atoms with Gasteiger partial charge in [-0.3, -0.25) is 14.9 Å². The molecule has 8 rings (SSSR count). The molecule has 4 amide bonds. The van der Waals surface area contributed by atoms with E-state index < -0.39 is 17.8 Å². The fraction of sp³-hybridized carbons (Fsp3) is 0.382. The minimum atomic E-state index is -0.743. The van der Waals surface area contributed by atoms with Crippen molar-refractivity contribution in [1.29, 1.82) is 0 Å². The van der Waals surface area contributed by atoms with Crippen molar-refractivity contribution in [1.82, 2.24) is 9.88 Å². The quantitative estimate of drug-likeness (QED) is 0.248. The van der Waals surface area contributed by atoms with Crippen LogP contribution in [0.2, 0.25) is 0 Å². The summed E-state index contributed by atoms with van der Waals surface area (Å²) in [6.07, 6.45) is 9.94. The number of amides is 4. The standard InChI is InChI=1S/C34H34BrN3O3/c1-19-10-27(35)6-9-30(19)38-32(40)29(31(39)36-33(38)41)15-25-11-20(2)37(21(25)3)28-7-4-26(5-8-28)34-16-22-12-23(17-34)14-24(13-22)18-34/h4-11,15,22-24H,12-14,16-18H2,1-3H3,(H,36,39,41)/b29-15+. The van der Waals surface area contributed by atoms with E-state index in [1.807, 2.05) is 32.9 Å². The zero-order valence-corrected chi connectivity index (χ0v) is 25.3. The Kier molecular flexibility index (Phi) is 6.16. The lowest BCUT2D eigenvalue weighted by Crippen LogP contribution is -2.54. The van der Waals surface area contributed by atoms with Gasteiger partial charge in [0.15, 0.2) is 0 Å². The Morgan fingerprint density at radius 1 is 0.878 bits per heavy atom. The van der Waals surface area contributed by atoms with Crippen molar-refractivity contribution >= 4 is 45.5 Å². The van der Waals surface area contributed by atoms with Crippen LogP contribution < -0.4 is 10.2 Å². The summed E-state index contributed by atoms with van der Waals surface area (Å²) in [6, 6.07) is 15.7. The van der Waals surface area contributed by atoms with Crippen LogP contribution in [-0.2, 0) is 15.0 Å². The highest BCUT2D eigenvalue weighted by Crippen LogP contribution is 2.60. The third-order valence-electron chi connectivity index (χ3n) is 10.0. The second-order valence-corrected chi connectivity index (χ2v) is 13.7. The van der Waals surface area contributed by atoms with Crippen LogP contribution in [-0.4, -0.2) is 22.4 Å². The van der Waals surface area contributed by atoms with E-state index in [2.05, 4.69) is 50.1 Å². The molecule has 3 aromatic rings. The van der Waals surface area contributed by atoms with Crippen LogP contribution in [0.25, 0.3) is 11.8 Å². The van der Waals surface area contributed by atoms with Crippen LogP contribution in [0.15, 0.2) is 58.6 Å². The first-order chi connectivity index (χ1) is 19.6. The summed E-state index contributed by atoms with van der Waals surface area (Å²) in [5.41, 5.74) is 6.75. The Labute approximate surface area is 248 Å². The second kappa shape index (κ2) is 9.55. The number of carbonyl (C=O) groups is 3. The average molecular weight is 613 g/mol. The maximum absolute atomic E-state index is 13.5. The van der Waals surface area contributed by atoms with E-state index in [9.17, 15) is 14.4 Å². The van der Waals surface area contributed by atoms with Gasteiger partial charge in [-0.15, -0.1) is 0 Å². The van der Waals surface area contributed by atoms with E-state index in [1.165, 1.54) is 44.1 Å². The molecule has 1 saturated heterocycles. The Balaban J connectivity index is 1.20. The number of barbiturate groups is 1. The topological polar surface area (TPSA) is 71.4 Å². The van der Waals surface area contributed by atoms with Gasteiger partial charge < -0.3 is 4.57 Å². The molecular formula is C34H34BrN3O3. The lowest BCUT2D eigenvalue weighted by molar-refractivity contribution is -0.122. The highest BCUT2D eigenvalue weighted by molar-refractivity contribution is 9.10.